The number of aromatic nitrogens is 1. The van der Waals surface area contributed by atoms with Gasteiger partial charge in [0.05, 0.1) is 16.2 Å². The molecule has 7 nitrogen and oxygen atoms in total. The fraction of sp³-hybridized carbons (Fsp3) is 0.0476. The minimum Gasteiger partial charge on any atom is -0.298 e. The molecule has 0 saturated heterocycles. The number of aryl methyl sites for hydroxylation is 1. The monoisotopic (exact) mass is 408 g/mol. The molecule has 0 spiro atoms. The number of nitrogens with one attached hydrogen (secondary N) is 3. The van der Waals surface area contributed by atoms with Crippen LogP contribution in [0, 0.1) is 6.92 Å². The molecule has 0 atom stereocenters. The number of nitrogens with zero attached hydrogens (tertiary/aromatic N) is 1. The maximum atomic E-state index is 12.5. The van der Waals surface area contributed by atoms with Crippen molar-refractivity contribution in [2.75, 3.05) is 4.72 Å². The smallest absolute Gasteiger partial charge is 0.271 e. The van der Waals surface area contributed by atoms with E-state index in [4.69, 9.17) is 0 Å². The van der Waals surface area contributed by atoms with Gasteiger partial charge in [-0.2, -0.15) is 0 Å². The van der Waals surface area contributed by atoms with Crippen molar-refractivity contribution in [3.63, 3.8) is 0 Å². The van der Waals surface area contributed by atoms with Crippen LogP contribution in [-0.4, -0.2) is 19.3 Å². The lowest BCUT2D eigenvalue weighted by Gasteiger charge is -2.12. The minimum absolute atomic E-state index is 0.191. The van der Waals surface area contributed by atoms with E-state index in [-0.39, 0.29) is 10.8 Å². The second-order valence-electron chi connectivity index (χ2n) is 6.30. The zero-order valence-corrected chi connectivity index (χ0v) is 16.5. The van der Waals surface area contributed by atoms with Gasteiger partial charge < -0.3 is 0 Å². The van der Waals surface area contributed by atoms with Crippen molar-refractivity contribution in [2.45, 2.75) is 11.8 Å². The summed E-state index contributed by atoms with van der Waals surface area (Å²) < 4.78 is 27.4. The summed E-state index contributed by atoms with van der Waals surface area (Å²) in [6, 6.07) is 16.5. The van der Waals surface area contributed by atoms with E-state index in [1.807, 2.05) is 6.92 Å². The molecule has 1 heterocycles. The van der Waals surface area contributed by atoms with Crippen LogP contribution >= 0.6 is 0 Å². The predicted octanol–water partition coefficient (Wildman–Crippen LogP) is 3.10. The summed E-state index contributed by atoms with van der Waals surface area (Å²) in [7, 11) is -3.67. The normalized spacial score (nSPS) is 10.8. The van der Waals surface area contributed by atoms with Gasteiger partial charge in [-0.1, -0.05) is 36.4 Å². The molecular formula is C21H20N4O3S. The first kappa shape index (κ1) is 20.1. The lowest BCUT2D eigenvalue weighted by Crippen LogP contribution is -2.35. The van der Waals surface area contributed by atoms with Gasteiger partial charge in [0, 0.05) is 18.1 Å². The topological polar surface area (TPSA) is 100 Å². The molecule has 0 bridgehead atoms. The summed E-state index contributed by atoms with van der Waals surface area (Å²) in [6.07, 6.45) is 3.03. The van der Waals surface area contributed by atoms with E-state index >= 15 is 0 Å². The first-order valence-electron chi connectivity index (χ1n) is 8.70. The first-order chi connectivity index (χ1) is 13.8. The van der Waals surface area contributed by atoms with Gasteiger partial charge >= 0.3 is 0 Å². The lowest BCUT2D eigenvalue weighted by atomic mass is 10.1. The largest absolute Gasteiger partial charge is 0.298 e. The summed E-state index contributed by atoms with van der Waals surface area (Å²) in [4.78, 5) is 16.1. The summed E-state index contributed by atoms with van der Waals surface area (Å²) >= 11 is 0. The molecule has 0 fully saturated rings. The molecule has 3 rings (SSSR count). The molecule has 1 aromatic heterocycles. The maximum Gasteiger partial charge on any atom is 0.271 e. The summed E-state index contributed by atoms with van der Waals surface area (Å²) in [5.41, 5.74) is 8.23. The molecule has 3 aromatic rings. The van der Waals surface area contributed by atoms with E-state index in [0.29, 0.717) is 22.5 Å². The lowest BCUT2D eigenvalue weighted by molar-refractivity contribution is 0.0942. The highest BCUT2D eigenvalue weighted by Gasteiger charge is 2.14. The molecule has 8 heteroatoms. The molecule has 3 N–H and O–H groups in total. The number of benzene rings is 2. The summed E-state index contributed by atoms with van der Waals surface area (Å²) in [5.74, 6) is -0.346. The average Bonchev–Trinajstić information content (AvgIpc) is 2.73. The highest BCUT2D eigenvalue weighted by atomic mass is 32.2. The minimum atomic E-state index is -3.67. The van der Waals surface area contributed by atoms with Gasteiger partial charge in [-0.15, -0.1) is 0 Å². The van der Waals surface area contributed by atoms with Gasteiger partial charge in [-0.05, 0) is 48.9 Å². The quantitative estimate of drug-likeness (QED) is 0.522. The van der Waals surface area contributed by atoms with E-state index in [1.165, 1.54) is 6.20 Å². The van der Waals surface area contributed by atoms with Gasteiger partial charge in [0.25, 0.3) is 15.9 Å². The third-order valence-corrected chi connectivity index (χ3v) is 5.46. The molecule has 148 valence electrons. The number of carbonyl (C=O) groups excluding carboxylic acids is 1. The van der Waals surface area contributed by atoms with Gasteiger partial charge in [0.15, 0.2) is 0 Å². The number of hydrazine groups is 1. The molecule has 2 aromatic carbocycles. The van der Waals surface area contributed by atoms with Crippen molar-refractivity contribution in [3.8, 4) is 0 Å². The van der Waals surface area contributed by atoms with Crippen LogP contribution in [0.4, 0.5) is 5.69 Å². The van der Waals surface area contributed by atoms with Crippen molar-refractivity contribution in [3.05, 3.63) is 96.3 Å². The predicted molar refractivity (Wildman–Crippen MR) is 112 cm³/mol. The Bertz CT molecular complexity index is 1110. The van der Waals surface area contributed by atoms with E-state index in [2.05, 4.69) is 27.1 Å². The maximum absolute atomic E-state index is 12.5. The van der Waals surface area contributed by atoms with Gasteiger partial charge in [0.2, 0.25) is 0 Å². The van der Waals surface area contributed by atoms with Gasteiger partial charge in [-0.3, -0.25) is 25.4 Å². The van der Waals surface area contributed by atoms with Crippen molar-refractivity contribution in [2.24, 2.45) is 0 Å². The Balaban J connectivity index is 1.61. The Hall–Kier alpha value is -3.65. The van der Waals surface area contributed by atoms with E-state index < -0.39 is 10.0 Å². The van der Waals surface area contributed by atoms with Crippen LogP contribution in [0.3, 0.4) is 0 Å². The molecule has 1 amide bonds. The van der Waals surface area contributed by atoms with E-state index in [1.54, 1.807) is 66.9 Å². The molecule has 0 radical (unpaired) electrons. The van der Waals surface area contributed by atoms with Crippen LogP contribution < -0.4 is 15.6 Å². The van der Waals surface area contributed by atoms with Crippen molar-refractivity contribution in [1.82, 2.24) is 15.8 Å². The Kier molecular flexibility index (Phi) is 5.94. The molecule has 0 aliphatic rings. The second-order valence-corrected chi connectivity index (χ2v) is 7.98. The fourth-order valence-electron chi connectivity index (χ4n) is 2.44. The SMILES string of the molecule is C=C(NNC(=O)c1cccnc1)c1ccc(NS(=O)(=O)c2ccc(C)cc2)cc1. The van der Waals surface area contributed by atoms with E-state index in [9.17, 15) is 13.2 Å². The Labute approximate surface area is 169 Å². The highest BCUT2D eigenvalue weighted by molar-refractivity contribution is 7.92. The van der Waals surface area contributed by atoms with Crippen molar-refractivity contribution >= 4 is 27.3 Å². The van der Waals surface area contributed by atoms with Crippen LogP contribution in [-0.2, 0) is 10.0 Å². The average molecular weight is 408 g/mol. The first-order valence-corrected chi connectivity index (χ1v) is 10.2. The third-order valence-electron chi connectivity index (χ3n) is 4.07. The van der Waals surface area contributed by atoms with Crippen LogP contribution in [0.15, 0.2) is 84.5 Å². The molecule has 29 heavy (non-hydrogen) atoms. The number of amides is 1. The van der Waals surface area contributed by atoms with E-state index in [0.717, 1.165) is 5.56 Å². The second kappa shape index (κ2) is 8.57. The summed E-state index contributed by atoms with van der Waals surface area (Å²) in [5, 5.41) is 0. The summed E-state index contributed by atoms with van der Waals surface area (Å²) in [6.45, 7) is 5.76. The Morgan fingerprint density at radius 3 is 2.24 bits per heavy atom. The standard InChI is InChI=1S/C21H20N4O3S/c1-15-5-11-20(12-6-15)29(27,28)25-19-9-7-17(8-10-19)16(2)23-24-21(26)18-4-3-13-22-14-18/h3-14,23,25H,2H2,1H3,(H,24,26). The number of hydrogen-bond donors (Lipinski definition) is 3. The zero-order valence-electron chi connectivity index (χ0n) is 15.7. The van der Waals surface area contributed by atoms with Crippen molar-refractivity contribution < 1.29 is 13.2 Å². The number of anilines is 1. The highest BCUT2D eigenvalue weighted by Crippen LogP contribution is 2.19. The molecule has 0 unspecified atom stereocenters. The van der Waals surface area contributed by atoms with Gasteiger partial charge in [-0.25, -0.2) is 8.42 Å². The number of carbonyl (C=O) groups is 1. The molecule has 0 aliphatic heterocycles. The van der Waals surface area contributed by atoms with Crippen LogP contribution in [0.25, 0.3) is 5.70 Å². The fourth-order valence-corrected chi connectivity index (χ4v) is 3.50. The van der Waals surface area contributed by atoms with Crippen LogP contribution in [0.1, 0.15) is 21.5 Å². The third kappa shape index (κ3) is 5.20. The zero-order chi connectivity index (χ0) is 20.9. The molecular weight excluding hydrogens is 388 g/mol. The Morgan fingerprint density at radius 2 is 1.62 bits per heavy atom. The molecule has 0 aliphatic carbocycles. The van der Waals surface area contributed by atoms with Crippen LogP contribution in [0.2, 0.25) is 0 Å². The van der Waals surface area contributed by atoms with Crippen molar-refractivity contribution in [1.29, 1.82) is 0 Å². The van der Waals surface area contributed by atoms with Crippen LogP contribution in [0.5, 0.6) is 0 Å². The Morgan fingerprint density at radius 1 is 0.931 bits per heavy atom. The number of pyridine rings is 1. The molecule has 0 saturated carbocycles. The number of rotatable bonds is 7. The van der Waals surface area contributed by atoms with Gasteiger partial charge in [0.1, 0.15) is 0 Å². The number of sulfonamides is 1. The number of hydrogen-bond acceptors (Lipinski definition) is 5.